The van der Waals surface area contributed by atoms with E-state index in [2.05, 4.69) is 5.32 Å². The average molecular weight is 203 g/mol. The summed E-state index contributed by atoms with van der Waals surface area (Å²) < 4.78 is 0. The molecule has 0 radical (unpaired) electrons. The first kappa shape index (κ1) is 9.93. The van der Waals surface area contributed by atoms with Crippen LogP contribution in [0.1, 0.15) is 12.5 Å². The van der Waals surface area contributed by atoms with Gasteiger partial charge in [-0.05, 0) is 18.1 Å². The van der Waals surface area contributed by atoms with Crippen molar-refractivity contribution in [2.24, 2.45) is 0 Å². The van der Waals surface area contributed by atoms with Gasteiger partial charge in [0.15, 0.2) is 5.72 Å². The zero-order chi connectivity index (χ0) is 10.9. The van der Waals surface area contributed by atoms with Crippen LogP contribution >= 0.6 is 0 Å². The maximum atomic E-state index is 11.1. The standard InChI is InChI=1S/C12H13NO2/c1-9-7-11(14)13-12(9,15)8-10-5-3-2-4-6-10/h2-7,15H,8H2,1H3,(H,13,14). The van der Waals surface area contributed by atoms with Gasteiger partial charge in [-0.25, -0.2) is 0 Å². The molecule has 1 heterocycles. The van der Waals surface area contributed by atoms with E-state index in [0.717, 1.165) is 5.56 Å². The Hall–Kier alpha value is -1.61. The van der Waals surface area contributed by atoms with E-state index in [4.69, 9.17) is 0 Å². The summed E-state index contributed by atoms with van der Waals surface area (Å²) >= 11 is 0. The second kappa shape index (κ2) is 3.51. The van der Waals surface area contributed by atoms with Crippen molar-refractivity contribution in [1.82, 2.24) is 5.32 Å². The van der Waals surface area contributed by atoms with Gasteiger partial charge in [-0.15, -0.1) is 0 Å². The van der Waals surface area contributed by atoms with Crippen molar-refractivity contribution in [2.75, 3.05) is 0 Å². The first-order chi connectivity index (χ1) is 7.10. The number of rotatable bonds is 2. The summed E-state index contributed by atoms with van der Waals surface area (Å²) in [5.41, 5.74) is 0.449. The van der Waals surface area contributed by atoms with Crippen molar-refractivity contribution >= 4 is 5.91 Å². The number of benzene rings is 1. The van der Waals surface area contributed by atoms with Gasteiger partial charge in [0.2, 0.25) is 5.91 Å². The smallest absolute Gasteiger partial charge is 0.246 e. The highest BCUT2D eigenvalue weighted by atomic mass is 16.3. The molecule has 0 spiro atoms. The largest absolute Gasteiger partial charge is 0.367 e. The minimum absolute atomic E-state index is 0.231. The molecule has 3 heteroatoms. The Labute approximate surface area is 88.4 Å². The Morgan fingerprint density at radius 3 is 2.53 bits per heavy atom. The monoisotopic (exact) mass is 203 g/mol. The van der Waals surface area contributed by atoms with Crippen molar-refractivity contribution < 1.29 is 9.90 Å². The van der Waals surface area contributed by atoms with Gasteiger partial charge in [0, 0.05) is 12.5 Å². The molecule has 2 N–H and O–H groups in total. The van der Waals surface area contributed by atoms with Crippen molar-refractivity contribution in [1.29, 1.82) is 0 Å². The molecule has 1 unspecified atom stereocenters. The van der Waals surface area contributed by atoms with E-state index in [9.17, 15) is 9.90 Å². The highest BCUT2D eigenvalue weighted by Gasteiger charge is 2.35. The van der Waals surface area contributed by atoms with Crippen LogP contribution in [0, 0.1) is 0 Å². The van der Waals surface area contributed by atoms with E-state index in [1.165, 1.54) is 6.08 Å². The van der Waals surface area contributed by atoms with Crippen molar-refractivity contribution in [3.05, 3.63) is 47.5 Å². The van der Waals surface area contributed by atoms with Crippen molar-refractivity contribution in [3.8, 4) is 0 Å². The summed E-state index contributed by atoms with van der Waals surface area (Å²) in [7, 11) is 0. The van der Waals surface area contributed by atoms with E-state index in [1.54, 1.807) is 6.92 Å². The zero-order valence-corrected chi connectivity index (χ0v) is 8.53. The molecule has 15 heavy (non-hydrogen) atoms. The molecule has 1 atom stereocenters. The summed E-state index contributed by atoms with van der Waals surface area (Å²) in [6.07, 6.45) is 1.84. The van der Waals surface area contributed by atoms with Gasteiger partial charge in [-0.1, -0.05) is 30.3 Å². The normalized spacial score (nSPS) is 24.9. The van der Waals surface area contributed by atoms with Crippen LogP contribution in [0.4, 0.5) is 0 Å². The minimum Gasteiger partial charge on any atom is -0.367 e. The van der Waals surface area contributed by atoms with Gasteiger partial charge >= 0.3 is 0 Å². The third-order valence-electron chi connectivity index (χ3n) is 2.63. The highest BCUT2D eigenvalue weighted by Crippen LogP contribution is 2.23. The third-order valence-corrected chi connectivity index (χ3v) is 2.63. The van der Waals surface area contributed by atoms with Crippen LogP contribution in [0.15, 0.2) is 42.0 Å². The number of aliphatic hydroxyl groups is 1. The molecule has 1 amide bonds. The minimum atomic E-state index is -1.21. The molecule has 1 aliphatic rings. The molecule has 1 aliphatic heterocycles. The molecule has 1 aromatic carbocycles. The molecular weight excluding hydrogens is 190 g/mol. The summed E-state index contributed by atoms with van der Waals surface area (Å²) in [6, 6.07) is 9.60. The molecule has 0 aromatic heterocycles. The lowest BCUT2D eigenvalue weighted by molar-refractivity contribution is -0.119. The van der Waals surface area contributed by atoms with Gasteiger partial charge in [0.1, 0.15) is 0 Å². The average Bonchev–Trinajstić information content (AvgIpc) is 2.41. The van der Waals surface area contributed by atoms with Gasteiger partial charge in [-0.3, -0.25) is 4.79 Å². The van der Waals surface area contributed by atoms with Crippen molar-refractivity contribution in [3.63, 3.8) is 0 Å². The van der Waals surface area contributed by atoms with Crippen LogP contribution < -0.4 is 5.32 Å². The fraction of sp³-hybridized carbons (Fsp3) is 0.250. The Kier molecular flexibility index (Phi) is 2.32. The Bertz CT molecular complexity index is 411. The van der Waals surface area contributed by atoms with Crippen LogP contribution in [-0.4, -0.2) is 16.7 Å². The van der Waals surface area contributed by atoms with Crippen LogP contribution in [0.25, 0.3) is 0 Å². The van der Waals surface area contributed by atoms with E-state index < -0.39 is 5.72 Å². The lowest BCUT2D eigenvalue weighted by Gasteiger charge is -2.24. The Morgan fingerprint density at radius 1 is 1.33 bits per heavy atom. The lowest BCUT2D eigenvalue weighted by atomic mass is 9.98. The molecule has 0 saturated carbocycles. The van der Waals surface area contributed by atoms with Crippen LogP contribution in [0.5, 0.6) is 0 Å². The third kappa shape index (κ3) is 1.92. The molecule has 3 nitrogen and oxygen atoms in total. The van der Waals surface area contributed by atoms with Crippen LogP contribution in [0.2, 0.25) is 0 Å². The highest BCUT2D eigenvalue weighted by molar-refractivity contribution is 5.92. The predicted molar refractivity (Wildman–Crippen MR) is 57.0 cm³/mol. The molecular formula is C12H13NO2. The van der Waals surface area contributed by atoms with E-state index in [0.29, 0.717) is 12.0 Å². The van der Waals surface area contributed by atoms with Crippen LogP contribution in [0.3, 0.4) is 0 Å². The van der Waals surface area contributed by atoms with Gasteiger partial charge in [0.25, 0.3) is 0 Å². The second-order valence-corrected chi connectivity index (χ2v) is 3.84. The lowest BCUT2D eigenvalue weighted by Crippen LogP contribution is -2.45. The van der Waals surface area contributed by atoms with E-state index >= 15 is 0 Å². The summed E-state index contributed by atoms with van der Waals surface area (Å²) in [5.74, 6) is -0.231. The maximum Gasteiger partial charge on any atom is 0.246 e. The van der Waals surface area contributed by atoms with Gasteiger partial charge in [0.05, 0.1) is 0 Å². The molecule has 78 valence electrons. The van der Waals surface area contributed by atoms with Crippen LogP contribution in [-0.2, 0) is 11.2 Å². The quantitative estimate of drug-likeness (QED) is 0.753. The van der Waals surface area contributed by atoms with E-state index in [1.807, 2.05) is 30.3 Å². The van der Waals surface area contributed by atoms with Gasteiger partial charge < -0.3 is 10.4 Å². The fourth-order valence-electron chi connectivity index (χ4n) is 1.73. The Balaban J connectivity index is 2.20. The molecule has 0 bridgehead atoms. The SMILES string of the molecule is CC1=CC(=O)NC1(O)Cc1ccccc1. The molecule has 2 rings (SSSR count). The first-order valence-corrected chi connectivity index (χ1v) is 4.87. The molecule has 0 fully saturated rings. The summed E-state index contributed by atoms with van der Waals surface area (Å²) in [6.45, 7) is 1.75. The number of hydrogen-bond acceptors (Lipinski definition) is 2. The Morgan fingerprint density at radius 2 is 2.00 bits per heavy atom. The van der Waals surface area contributed by atoms with Gasteiger partial charge in [-0.2, -0.15) is 0 Å². The number of nitrogens with one attached hydrogen (secondary N) is 1. The fourth-order valence-corrected chi connectivity index (χ4v) is 1.73. The molecule has 1 aromatic rings. The van der Waals surface area contributed by atoms with Crippen molar-refractivity contribution in [2.45, 2.75) is 19.1 Å². The number of carbonyl (C=O) groups is 1. The number of carbonyl (C=O) groups excluding carboxylic acids is 1. The molecule has 0 saturated heterocycles. The number of amides is 1. The second-order valence-electron chi connectivity index (χ2n) is 3.84. The first-order valence-electron chi connectivity index (χ1n) is 4.87. The summed E-state index contributed by atoms with van der Waals surface area (Å²) in [5, 5.41) is 12.7. The topological polar surface area (TPSA) is 49.3 Å². The molecule has 0 aliphatic carbocycles. The number of hydrogen-bond donors (Lipinski definition) is 2. The summed E-state index contributed by atoms with van der Waals surface area (Å²) in [4.78, 5) is 11.1. The predicted octanol–water partition coefficient (Wildman–Crippen LogP) is 0.994. The zero-order valence-electron chi connectivity index (χ0n) is 8.53. The van der Waals surface area contributed by atoms with E-state index in [-0.39, 0.29) is 5.91 Å². The maximum absolute atomic E-state index is 11.1.